The molecule has 0 bridgehead atoms. The predicted octanol–water partition coefficient (Wildman–Crippen LogP) is 3.32. The van der Waals surface area contributed by atoms with Gasteiger partial charge in [-0.3, -0.25) is 4.98 Å². The SMILES string of the molecule is CNC(c1cc(C)cc(C)c1)c1cnccc1C. The van der Waals surface area contributed by atoms with E-state index in [1.165, 1.54) is 27.8 Å². The van der Waals surface area contributed by atoms with E-state index in [1.54, 1.807) is 0 Å². The maximum absolute atomic E-state index is 4.24. The summed E-state index contributed by atoms with van der Waals surface area (Å²) >= 11 is 0. The van der Waals surface area contributed by atoms with Crippen LogP contribution in [0.2, 0.25) is 0 Å². The zero-order valence-corrected chi connectivity index (χ0v) is 11.5. The standard InChI is InChI=1S/C16H20N2/c1-11-7-12(2)9-14(8-11)16(17-4)15-10-18-6-5-13(15)3/h5-10,16-17H,1-4H3. The fourth-order valence-electron chi connectivity index (χ4n) is 2.46. The Kier molecular flexibility index (Phi) is 3.78. The Morgan fingerprint density at radius 1 is 1.06 bits per heavy atom. The highest BCUT2D eigenvalue weighted by atomic mass is 14.9. The number of hydrogen-bond acceptors (Lipinski definition) is 2. The molecule has 18 heavy (non-hydrogen) atoms. The summed E-state index contributed by atoms with van der Waals surface area (Å²) in [6.07, 6.45) is 3.79. The molecule has 94 valence electrons. The van der Waals surface area contributed by atoms with Crippen LogP contribution >= 0.6 is 0 Å². The van der Waals surface area contributed by atoms with Gasteiger partial charge in [-0.25, -0.2) is 0 Å². The fraction of sp³-hybridized carbons (Fsp3) is 0.312. The van der Waals surface area contributed by atoms with E-state index in [4.69, 9.17) is 0 Å². The quantitative estimate of drug-likeness (QED) is 0.890. The van der Waals surface area contributed by atoms with Crippen LogP contribution in [0, 0.1) is 20.8 Å². The van der Waals surface area contributed by atoms with Crippen molar-refractivity contribution in [2.24, 2.45) is 0 Å². The summed E-state index contributed by atoms with van der Waals surface area (Å²) in [6.45, 7) is 6.41. The third-order valence-corrected chi connectivity index (χ3v) is 3.26. The van der Waals surface area contributed by atoms with E-state index in [0.717, 1.165) is 0 Å². The van der Waals surface area contributed by atoms with Gasteiger partial charge in [-0.15, -0.1) is 0 Å². The molecular formula is C16H20N2. The van der Waals surface area contributed by atoms with Gasteiger partial charge in [0.1, 0.15) is 0 Å². The first kappa shape index (κ1) is 12.8. The van der Waals surface area contributed by atoms with Gasteiger partial charge >= 0.3 is 0 Å². The number of rotatable bonds is 3. The van der Waals surface area contributed by atoms with Crippen LogP contribution in [0.1, 0.15) is 33.9 Å². The van der Waals surface area contributed by atoms with E-state index in [0.29, 0.717) is 0 Å². The number of nitrogens with one attached hydrogen (secondary N) is 1. The Balaban J connectivity index is 2.48. The Hall–Kier alpha value is -1.67. The Labute approximate surface area is 109 Å². The molecule has 2 rings (SSSR count). The molecule has 0 saturated carbocycles. The molecule has 0 aliphatic carbocycles. The summed E-state index contributed by atoms with van der Waals surface area (Å²) in [7, 11) is 1.99. The van der Waals surface area contributed by atoms with Crippen LogP contribution in [0.4, 0.5) is 0 Å². The molecule has 1 aromatic heterocycles. The van der Waals surface area contributed by atoms with Crippen LogP contribution in [-0.4, -0.2) is 12.0 Å². The summed E-state index contributed by atoms with van der Waals surface area (Å²) in [4.78, 5) is 4.24. The monoisotopic (exact) mass is 240 g/mol. The lowest BCUT2D eigenvalue weighted by atomic mass is 9.94. The average Bonchev–Trinajstić information content (AvgIpc) is 2.31. The van der Waals surface area contributed by atoms with Crippen molar-refractivity contribution in [1.82, 2.24) is 10.3 Å². The highest BCUT2D eigenvalue weighted by Gasteiger charge is 2.14. The lowest BCUT2D eigenvalue weighted by molar-refractivity contribution is 0.683. The van der Waals surface area contributed by atoms with Gasteiger partial charge in [0.15, 0.2) is 0 Å². The molecule has 1 unspecified atom stereocenters. The first-order valence-electron chi connectivity index (χ1n) is 6.28. The van der Waals surface area contributed by atoms with Crippen LogP contribution in [0.25, 0.3) is 0 Å². The number of aromatic nitrogens is 1. The van der Waals surface area contributed by atoms with Gasteiger partial charge < -0.3 is 5.32 Å². The predicted molar refractivity (Wildman–Crippen MR) is 75.8 cm³/mol. The Bertz CT molecular complexity index is 526. The number of nitrogens with zero attached hydrogens (tertiary/aromatic N) is 1. The van der Waals surface area contributed by atoms with Crippen molar-refractivity contribution < 1.29 is 0 Å². The zero-order valence-electron chi connectivity index (χ0n) is 11.5. The minimum atomic E-state index is 0.206. The fourth-order valence-corrected chi connectivity index (χ4v) is 2.46. The second kappa shape index (κ2) is 5.32. The van der Waals surface area contributed by atoms with Gasteiger partial charge in [-0.2, -0.15) is 0 Å². The van der Waals surface area contributed by atoms with Crippen molar-refractivity contribution in [3.8, 4) is 0 Å². The van der Waals surface area contributed by atoms with E-state index >= 15 is 0 Å². The first-order valence-corrected chi connectivity index (χ1v) is 6.28. The van der Waals surface area contributed by atoms with Crippen molar-refractivity contribution in [2.45, 2.75) is 26.8 Å². The van der Waals surface area contributed by atoms with E-state index in [-0.39, 0.29) is 6.04 Å². The molecule has 0 fully saturated rings. The van der Waals surface area contributed by atoms with Crippen LogP contribution in [0.5, 0.6) is 0 Å². The van der Waals surface area contributed by atoms with E-state index in [2.05, 4.69) is 55.3 Å². The van der Waals surface area contributed by atoms with Crippen molar-refractivity contribution in [1.29, 1.82) is 0 Å². The molecule has 0 aliphatic rings. The van der Waals surface area contributed by atoms with Crippen LogP contribution in [0.15, 0.2) is 36.7 Å². The molecule has 0 amide bonds. The Morgan fingerprint density at radius 2 is 1.72 bits per heavy atom. The summed E-state index contributed by atoms with van der Waals surface area (Å²) in [6, 6.07) is 8.94. The van der Waals surface area contributed by atoms with E-state index in [9.17, 15) is 0 Å². The highest BCUT2D eigenvalue weighted by molar-refractivity contribution is 5.38. The second-order valence-electron chi connectivity index (χ2n) is 4.87. The molecule has 2 heteroatoms. The lowest BCUT2D eigenvalue weighted by Gasteiger charge is -2.20. The third-order valence-electron chi connectivity index (χ3n) is 3.26. The topological polar surface area (TPSA) is 24.9 Å². The minimum absolute atomic E-state index is 0.206. The maximum Gasteiger partial charge on any atom is 0.0592 e. The normalized spacial score (nSPS) is 12.4. The van der Waals surface area contributed by atoms with Crippen LogP contribution < -0.4 is 5.32 Å². The molecule has 1 N–H and O–H groups in total. The second-order valence-corrected chi connectivity index (χ2v) is 4.87. The molecule has 1 aromatic carbocycles. The molecule has 1 atom stereocenters. The molecule has 0 radical (unpaired) electrons. The maximum atomic E-state index is 4.24. The smallest absolute Gasteiger partial charge is 0.0592 e. The highest BCUT2D eigenvalue weighted by Crippen LogP contribution is 2.25. The summed E-state index contributed by atoms with van der Waals surface area (Å²) in [5.74, 6) is 0. The van der Waals surface area contributed by atoms with Gasteiger partial charge in [0.2, 0.25) is 0 Å². The van der Waals surface area contributed by atoms with E-state index in [1.807, 2.05) is 19.4 Å². The number of hydrogen-bond donors (Lipinski definition) is 1. The molecule has 1 heterocycles. The average molecular weight is 240 g/mol. The molecule has 0 saturated heterocycles. The number of pyridine rings is 1. The van der Waals surface area contributed by atoms with Crippen molar-refractivity contribution in [3.05, 3.63) is 64.5 Å². The van der Waals surface area contributed by atoms with Gasteiger partial charge in [0.25, 0.3) is 0 Å². The van der Waals surface area contributed by atoms with Crippen LogP contribution in [-0.2, 0) is 0 Å². The summed E-state index contributed by atoms with van der Waals surface area (Å²) in [5.41, 5.74) is 6.40. The number of aryl methyl sites for hydroxylation is 3. The van der Waals surface area contributed by atoms with Gasteiger partial charge in [-0.05, 0) is 50.6 Å². The van der Waals surface area contributed by atoms with Crippen LogP contribution in [0.3, 0.4) is 0 Å². The van der Waals surface area contributed by atoms with Crippen molar-refractivity contribution >= 4 is 0 Å². The molecule has 2 aromatic rings. The summed E-state index contributed by atoms with van der Waals surface area (Å²) in [5, 5.41) is 3.39. The van der Waals surface area contributed by atoms with Crippen molar-refractivity contribution in [2.75, 3.05) is 7.05 Å². The van der Waals surface area contributed by atoms with Crippen molar-refractivity contribution in [3.63, 3.8) is 0 Å². The molecular weight excluding hydrogens is 220 g/mol. The third kappa shape index (κ3) is 2.59. The molecule has 0 aliphatic heterocycles. The zero-order chi connectivity index (χ0) is 13.1. The van der Waals surface area contributed by atoms with Gasteiger partial charge in [-0.1, -0.05) is 29.3 Å². The summed E-state index contributed by atoms with van der Waals surface area (Å²) < 4.78 is 0. The molecule has 0 spiro atoms. The number of benzene rings is 1. The van der Waals surface area contributed by atoms with Gasteiger partial charge in [0.05, 0.1) is 6.04 Å². The lowest BCUT2D eigenvalue weighted by Crippen LogP contribution is -2.19. The Morgan fingerprint density at radius 3 is 2.28 bits per heavy atom. The minimum Gasteiger partial charge on any atom is -0.309 e. The van der Waals surface area contributed by atoms with Gasteiger partial charge in [0, 0.05) is 12.4 Å². The first-order chi connectivity index (χ1) is 8.61. The largest absolute Gasteiger partial charge is 0.309 e. The molecule has 2 nitrogen and oxygen atoms in total. The van der Waals surface area contributed by atoms with E-state index < -0.39 is 0 Å².